The van der Waals surface area contributed by atoms with Crippen LogP contribution in [-0.2, 0) is 26.2 Å². The van der Waals surface area contributed by atoms with E-state index in [0.717, 1.165) is 30.0 Å². The number of rotatable bonds is 4. The summed E-state index contributed by atoms with van der Waals surface area (Å²) in [5.41, 5.74) is 6.32. The van der Waals surface area contributed by atoms with Gasteiger partial charge in [-0.2, -0.15) is 0 Å². The van der Waals surface area contributed by atoms with Gasteiger partial charge >= 0.3 is 0 Å². The molecule has 12 heteroatoms. The van der Waals surface area contributed by atoms with Gasteiger partial charge in [-0.15, -0.1) is 0 Å². The Balaban J connectivity index is 1.45. The van der Waals surface area contributed by atoms with E-state index in [0.29, 0.717) is 24.6 Å². The predicted octanol–water partition coefficient (Wildman–Crippen LogP) is 4.14. The van der Waals surface area contributed by atoms with Crippen LogP contribution in [0.2, 0.25) is 0 Å². The highest BCUT2D eigenvalue weighted by molar-refractivity contribution is 6.08. The fourth-order valence-electron chi connectivity index (χ4n) is 7.01. The second kappa shape index (κ2) is 11.0. The molecule has 3 aliphatic rings. The van der Waals surface area contributed by atoms with Gasteiger partial charge in [0.2, 0.25) is 17.7 Å². The number of hydrogen-bond donors (Lipinski definition) is 3. The van der Waals surface area contributed by atoms with Crippen molar-refractivity contribution in [3.05, 3.63) is 64.6 Å². The van der Waals surface area contributed by atoms with Crippen molar-refractivity contribution in [2.24, 2.45) is 11.7 Å². The third-order valence-corrected chi connectivity index (χ3v) is 9.22. The number of nitrogens with zero attached hydrogens (tertiary/aromatic N) is 2. The van der Waals surface area contributed by atoms with Gasteiger partial charge in [0.25, 0.3) is 5.91 Å². The second-order valence-corrected chi connectivity index (χ2v) is 12.6. The minimum Gasteiger partial charge on any atom is -0.368 e. The van der Waals surface area contributed by atoms with Crippen LogP contribution in [0.15, 0.2) is 30.3 Å². The molecule has 1 aromatic heterocycles. The van der Waals surface area contributed by atoms with Crippen molar-refractivity contribution in [2.45, 2.75) is 69.9 Å². The van der Waals surface area contributed by atoms with Crippen molar-refractivity contribution in [1.82, 2.24) is 14.8 Å². The van der Waals surface area contributed by atoms with Gasteiger partial charge < -0.3 is 25.8 Å². The zero-order valence-corrected chi connectivity index (χ0v) is 24.5. The average Bonchev–Trinajstić information content (AvgIpc) is 3.67. The smallest absolute Gasteiger partial charge is 0.270 e. The summed E-state index contributed by atoms with van der Waals surface area (Å²) in [5, 5.41) is 2.62. The van der Waals surface area contributed by atoms with Crippen LogP contribution in [0, 0.1) is 23.4 Å². The molecular formula is C32H34F3N5O4. The van der Waals surface area contributed by atoms with Crippen LogP contribution >= 0.6 is 0 Å². The maximum absolute atomic E-state index is 14.6. The first kappa shape index (κ1) is 29.7. The Morgan fingerprint density at radius 2 is 1.84 bits per heavy atom. The molecule has 0 radical (unpaired) electrons. The molecule has 0 saturated carbocycles. The van der Waals surface area contributed by atoms with Crippen LogP contribution in [0.1, 0.15) is 67.6 Å². The molecule has 9 nitrogen and oxygen atoms in total. The number of benzene rings is 2. The molecular weight excluding hydrogens is 575 g/mol. The van der Waals surface area contributed by atoms with Crippen LogP contribution in [0.25, 0.3) is 10.9 Å². The lowest BCUT2D eigenvalue weighted by atomic mass is 9.78. The fourth-order valence-corrected chi connectivity index (χ4v) is 7.01. The standard InChI is InChI=1S/C32H34F3N5O4/c1-16(2)10-24-30(43)40-15-32(14-25(40)28(36)41)19-11-17(7-8-22(19)38-31(32)44)6-4-3-5-9-39(24)29(42)23-12-18-20(33)13-21(34)26(35)27(18)37-23/h7-8,11-13,16,24-25,37H,3-6,9-10,14-15H2,1-2H3,(H2,36,41)(H,38,44)/t24-,25-,32-/m0/s1. The normalized spacial score (nSPS) is 23.8. The largest absolute Gasteiger partial charge is 0.368 e. The summed E-state index contributed by atoms with van der Waals surface area (Å²) in [6.07, 6.45) is 2.94. The summed E-state index contributed by atoms with van der Waals surface area (Å²) in [6.45, 7) is 3.82. The van der Waals surface area contributed by atoms with E-state index in [2.05, 4.69) is 10.3 Å². The molecule has 3 aromatic rings. The van der Waals surface area contributed by atoms with E-state index in [1.165, 1.54) is 9.80 Å². The molecule has 6 rings (SSSR count). The Hall–Kier alpha value is -4.35. The van der Waals surface area contributed by atoms with Gasteiger partial charge in [-0.25, -0.2) is 13.2 Å². The van der Waals surface area contributed by atoms with Gasteiger partial charge in [-0.05, 0) is 61.3 Å². The molecule has 2 aromatic carbocycles. The number of aromatic amines is 1. The number of fused-ring (bicyclic) bond motifs is 3. The van der Waals surface area contributed by atoms with Crippen LogP contribution in [0.5, 0.6) is 0 Å². The number of nitrogens with one attached hydrogen (secondary N) is 2. The van der Waals surface area contributed by atoms with E-state index < -0.39 is 58.2 Å². The lowest BCUT2D eigenvalue weighted by Crippen LogP contribution is -2.55. The Morgan fingerprint density at radius 3 is 2.57 bits per heavy atom. The molecule has 232 valence electrons. The molecule has 0 unspecified atom stereocenters. The number of primary amides is 1. The maximum atomic E-state index is 14.6. The summed E-state index contributed by atoms with van der Waals surface area (Å²) in [7, 11) is 0. The Bertz CT molecular complexity index is 1700. The number of H-pyrrole nitrogens is 1. The minimum atomic E-state index is -1.40. The molecule has 4 bridgehead atoms. The highest BCUT2D eigenvalue weighted by Crippen LogP contribution is 2.47. The molecule has 3 aliphatic heterocycles. The SMILES string of the molecule is CC(C)C[C@H]1C(=O)N2C[C@]3(C[C@H]2C(N)=O)C(=O)Nc2ccc(cc23)CCCCCN1C(=O)c1cc2c(F)cc(F)c(F)c2[nH]1. The van der Waals surface area contributed by atoms with E-state index in [9.17, 15) is 32.3 Å². The van der Waals surface area contributed by atoms with E-state index in [1.54, 1.807) is 0 Å². The van der Waals surface area contributed by atoms with Crippen molar-refractivity contribution < 1.29 is 32.3 Å². The van der Waals surface area contributed by atoms with Crippen LogP contribution in [0.3, 0.4) is 0 Å². The van der Waals surface area contributed by atoms with Gasteiger partial charge in [-0.1, -0.05) is 32.4 Å². The van der Waals surface area contributed by atoms with Crippen molar-refractivity contribution >= 4 is 40.2 Å². The first-order chi connectivity index (χ1) is 20.9. The minimum absolute atomic E-state index is 0.00480. The van der Waals surface area contributed by atoms with Gasteiger partial charge in [0, 0.05) is 30.2 Å². The van der Waals surface area contributed by atoms with Crippen LogP contribution in [-0.4, -0.2) is 63.6 Å². The van der Waals surface area contributed by atoms with Crippen molar-refractivity contribution in [1.29, 1.82) is 0 Å². The third kappa shape index (κ3) is 4.80. The van der Waals surface area contributed by atoms with Crippen molar-refractivity contribution in [3.8, 4) is 0 Å². The Kier molecular flexibility index (Phi) is 7.41. The second-order valence-electron chi connectivity index (χ2n) is 12.6. The van der Waals surface area contributed by atoms with Crippen molar-refractivity contribution in [2.75, 3.05) is 18.4 Å². The van der Waals surface area contributed by atoms with Gasteiger partial charge in [0.05, 0.1) is 10.9 Å². The van der Waals surface area contributed by atoms with Gasteiger partial charge in [0.15, 0.2) is 11.6 Å². The number of amides is 4. The number of carbonyl (C=O) groups excluding carboxylic acids is 4. The number of halogens is 3. The van der Waals surface area contributed by atoms with E-state index in [4.69, 9.17) is 5.73 Å². The fraction of sp³-hybridized carbons (Fsp3) is 0.438. The molecule has 4 heterocycles. The first-order valence-electron chi connectivity index (χ1n) is 14.9. The lowest BCUT2D eigenvalue weighted by molar-refractivity contribution is -0.141. The highest BCUT2D eigenvalue weighted by atomic mass is 19.2. The summed E-state index contributed by atoms with van der Waals surface area (Å²) >= 11 is 0. The van der Waals surface area contributed by atoms with Crippen molar-refractivity contribution in [3.63, 3.8) is 0 Å². The molecule has 1 spiro atoms. The highest BCUT2D eigenvalue weighted by Gasteiger charge is 2.58. The number of hydrogen-bond acceptors (Lipinski definition) is 4. The monoisotopic (exact) mass is 609 g/mol. The van der Waals surface area contributed by atoms with E-state index in [-0.39, 0.29) is 48.8 Å². The quantitative estimate of drug-likeness (QED) is 0.384. The molecule has 4 N–H and O–H groups in total. The molecule has 4 amide bonds. The van der Waals surface area contributed by atoms with E-state index >= 15 is 0 Å². The zero-order valence-electron chi connectivity index (χ0n) is 24.5. The van der Waals surface area contributed by atoms with Crippen LogP contribution in [0.4, 0.5) is 18.9 Å². The third-order valence-electron chi connectivity index (χ3n) is 9.22. The molecule has 3 atom stereocenters. The summed E-state index contributed by atoms with van der Waals surface area (Å²) < 4.78 is 43.1. The lowest BCUT2D eigenvalue weighted by Gasteiger charge is -2.36. The van der Waals surface area contributed by atoms with Gasteiger partial charge in [0.1, 0.15) is 23.6 Å². The average molecular weight is 610 g/mol. The molecule has 1 fully saturated rings. The summed E-state index contributed by atoms with van der Waals surface area (Å²) in [6, 6.07) is 5.13. The first-order valence-corrected chi connectivity index (χ1v) is 14.9. The number of aryl methyl sites for hydroxylation is 1. The number of carbonyl (C=O) groups is 4. The summed E-state index contributed by atoms with van der Waals surface area (Å²) in [5.74, 6) is -6.14. The predicted molar refractivity (Wildman–Crippen MR) is 156 cm³/mol. The maximum Gasteiger partial charge on any atom is 0.270 e. The molecule has 0 aliphatic carbocycles. The summed E-state index contributed by atoms with van der Waals surface area (Å²) in [4.78, 5) is 60.2. The Morgan fingerprint density at radius 1 is 1.07 bits per heavy atom. The zero-order chi connectivity index (χ0) is 31.5. The number of anilines is 1. The molecule has 44 heavy (non-hydrogen) atoms. The Labute approximate surface area is 251 Å². The number of aromatic nitrogens is 1. The topological polar surface area (TPSA) is 129 Å². The molecule has 1 saturated heterocycles. The van der Waals surface area contributed by atoms with E-state index in [1.807, 2.05) is 32.0 Å². The van der Waals surface area contributed by atoms with Gasteiger partial charge in [-0.3, -0.25) is 19.2 Å². The number of nitrogens with two attached hydrogens (primary N) is 1. The van der Waals surface area contributed by atoms with Crippen LogP contribution < -0.4 is 11.1 Å².